The van der Waals surface area contributed by atoms with Gasteiger partial charge in [0.15, 0.2) is 5.75 Å². The second kappa shape index (κ2) is 4.41. The Kier molecular flexibility index (Phi) is 2.94. The van der Waals surface area contributed by atoms with Crippen molar-refractivity contribution >= 4 is 5.69 Å². The highest BCUT2D eigenvalue weighted by Crippen LogP contribution is 2.32. The fraction of sp³-hybridized carbons (Fsp3) is 0.231. The number of hydrogen-bond donors (Lipinski definition) is 1. The minimum atomic E-state index is 0.413. The van der Waals surface area contributed by atoms with Crippen LogP contribution >= 0.6 is 0 Å². The molecule has 0 saturated heterocycles. The van der Waals surface area contributed by atoms with E-state index in [9.17, 15) is 0 Å². The molecule has 92 valence electrons. The first kappa shape index (κ1) is 12.0. The highest BCUT2D eigenvalue weighted by molar-refractivity contribution is 5.58. The number of nitriles is 1. The highest BCUT2D eigenvalue weighted by atomic mass is 16.5. The SMILES string of the molecule is Cc1cccc(N)c1Oc1c(C#N)c(C)nn1C. The summed E-state index contributed by atoms with van der Waals surface area (Å²) < 4.78 is 7.31. The largest absolute Gasteiger partial charge is 0.435 e. The molecule has 2 rings (SSSR count). The van der Waals surface area contributed by atoms with Gasteiger partial charge >= 0.3 is 0 Å². The Morgan fingerprint density at radius 1 is 1.39 bits per heavy atom. The van der Waals surface area contributed by atoms with Crippen molar-refractivity contribution in [1.29, 1.82) is 5.26 Å². The lowest BCUT2D eigenvalue weighted by molar-refractivity contribution is 0.428. The molecule has 5 nitrogen and oxygen atoms in total. The summed E-state index contributed by atoms with van der Waals surface area (Å²) >= 11 is 0. The van der Waals surface area contributed by atoms with Crippen LogP contribution in [0.3, 0.4) is 0 Å². The van der Waals surface area contributed by atoms with Crippen LogP contribution in [0, 0.1) is 25.2 Å². The maximum Gasteiger partial charge on any atom is 0.235 e. The number of hydrogen-bond acceptors (Lipinski definition) is 4. The molecule has 0 unspecified atom stereocenters. The van der Waals surface area contributed by atoms with Crippen molar-refractivity contribution in [2.45, 2.75) is 13.8 Å². The van der Waals surface area contributed by atoms with E-state index >= 15 is 0 Å². The zero-order chi connectivity index (χ0) is 13.3. The Balaban J connectivity index is 2.50. The van der Waals surface area contributed by atoms with Crippen LogP contribution in [0.2, 0.25) is 0 Å². The molecule has 0 spiro atoms. The zero-order valence-electron chi connectivity index (χ0n) is 10.6. The first-order valence-electron chi connectivity index (χ1n) is 5.51. The first-order chi connectivity index (χ1) is 8.54. The molecule has 0 aliphatic carbocycles. The molecule has 2 N–H and O–H groups in total. The molecule has 0 radical (unpaired) electrons. The van der Waals surface area contributed by atoms with Crippen LogP contribution < -0.4 is 10.5 Å². The van der Waals surface area contributed by atoms with Crippen molar-refractivity contribution in [1.82, 2.24) is 9.78 Å². The van der Waals surface area contributed by atoms with Crippen LogP contribution in [-0.4, -0.2) is 9.78 Å². The van der Waals surface area contributed by atoms with Gasteiger partial charge in [0.2, 0.25) is 5.88 Å². The quantitative estimate of drug-likeness (QED) is 0.819. The molecule has 1 heterocycles. The molecule has 18 heavy (non-hydrogen) atoms. The Morgan fingerprint density at radius 2 is 2.11 bits per heavy atom. The Morgan fingerprint density at radius 3 is 2.72 bits per heavy atom. The summed E-state index contributed by atoms with van der Waals surface area (Å²) in [5.41, 5.74) is 8.41. The summed E-state index contributed by atoms with van der Waals surface area (Å²) in [5, 5.41) is 13.3. The average molecular weight is 242 g/mol. The standard InChI is InChI=1S/C13H14N4O/c1-8-5-4-6-11(15)12(8)18-13-10(7-14)9(2)16-17(13)3/h4-6H,15H2,1-3H3. The third-order valence-electron chi connectivity index (χ3n) is 2.72. The molecule has 5 heteroatoms. The average Bonchev–Trinajstić information content (AvgIpc) is 2.58. The van der Waals surface area contributed by atoms with Gasteiger partial charge in [0.05, 0.1) is 11.4 Å². The fourth-order valence-electron chi connectivity index (χ4n) is 1.79. The van der Waals surface area contributed by atoms with Gasteiger partial charge in [0.1, 0.15) is 11.6 Å². The number of anilines is 1. The molecular weight excluding hydrogens is 228 g/mol. The molecule has 1 aromatic carbocycles. The summed E-state index contributed by atoms with van der Waals surface area (Å²) in [6.07, 6.45) is 0. The van der Waals surface area contributed by atoms with E-state index in [0.717, 1.165) is 5.56 Å². The second-order valence-electron chi connectivity index (χ2n) is 4.10. The van der Waals surface area contributed by atoms with Crippen LogP contribution in [0.25, 0.3) is 0 Å². The maximum atomic E-state index is 9.11. The van der Waals surface area contributed by atoms with E-state index in [-0.39, 0.29) is 0 Å². The predicted molar refractivity (Wildman–Crippen MR) is 68.3 cm³/mol. The minimum absolute atomic E-state index is 0.413. The molecular formula is C13H14N4O. The maximum absolute atomic E-state index is 9.11. The number of rotatable bonds is 2. The highest BCUT2D eigenvalue weighted by Gasteiger charge is 2.17. The lowest BCUT2D eigenvalue weighted by Crippen LogP contribution is -2.00. The molecule has 0 saturated carbocycles. The van der Waals surface area contributed by atoms with Gasteiger partial charge in [-0.1, -0.05) is 12.1 Å². The zero-order valence-corrected chi connectivity index (χ0v) is 10.6. The molecule has 0 aliphatic rings. The number of nitrogens with zero attached hydrogens (tertiary/aromatic N) is 3. The van der Waals surface area contributed by atoms with E-state index in [1.165, 1.54) is 0 Å². The van der Waals surface area contributed by atoms with Crippen molar-refractivity contribution < 1.29 is 4.74 Å². The molecule has 0 atom stereocenters. The van der Waals surface area contributed by atoms with E-state index in [0.29, 0.717) is 28.6 Å². The topological polar surface area (TPSA) is 76.9 Å². The number of nitrogens with two attached hydrogens (primary N) is 1. The van der Waals surface area contributed by atoms with Crippen molar-refractivity contribution in [2.24, 2.45) is 7.05 Å². The number of aromatic nitrogens is 2. The summed E-state index contributed by atoms with van der Waals surface area (Å²) in [6, 6.07) is 7.62. The molecule has 0 amide bonds. The van der Waals surface area contributed by atoms with E-state index in [2.05, 4.69) is 11.2 Å². The second-order valence-corrected chi connectivity index (χ2v) is 4.10. The van der Waals surface area contributed by atoms with E-state index in [1.54, 1.807) is 24.7 Å². The third-order valence-corrected chi connectivity index (χ3v) is 2.72. The minimum Gasteiger partial charge on any atom is -0.435 e. The van der Waals surface area contributed by atoms with Gasteiger partial charge < -0.3 is 10.5 Å². The van der Waals surface area contributed by atoms with E-state index < -0.39 is 0 Å². The van der Waals surface area contributed by atoms with E-state index in [4.69, 9.17) is 15.7 Å². The van der Waals surface area contributed by atoms with Crippen LogP contribution in [-0.2, 0) is 7.05 Å². The monoisotopic (exact) mass is 242 g/mol. The number of nitrogen functional groups attached to an aromatic ring is 1. The Labute approximate surface area is 105 Å². The number of ether oxygens (including phenoxy) is 1. The number of aryl methyl sites for hydroxylation is 3. The van der Waals surface area contributed by atoms with Crippen LogP contribution in [0.4, 0.5) is 5.69 Å². The van der Waals surface area contributed by atoms with Crippen molar-refractivity contribution in [2.75, 3.05) is 5.73 Å². The number of para-hydroxylation sites is 1. The third kappa shape index (κ3) is 1.89. The summed E-state index contributed by atoms with van der Waals surface area (Å²) in [6.45, 7) is 3.67. The Bertz CT molecular complexity index is 617. The smallest absolute Gasteiger partial charge is 0.235 e. The normalized spacial score (nSPS) is 10.1. The van der Waals surface area contributed by atoms with Crippen molar-refractivity contribution in [3.05, 3.63) is 35.0 Å². The van der Waals surface area contributed by atoms with Crippen LogP contribution in [0.1, 0.15) is 16.8 Å². The number of benzene rings is 1. The first-order valence-corrected chi connectivity index (χ1v) is 5.51. The molecule has 1 aromatic heterocycles. The fourth-order valence-corrected chi connectivity index (χ4v) is 1.79. The lowest BCUT2D eigenvalue weighted by atomic mass is 10.2. The Hall–Kier alpha value is -2.48. The van der Waals surface area contributed by atoms with Gasteiger partial charge in [-0.25, -0.2) is 4.68 Å². The summed E-state index contributed by atoms with van der Waals surface area (Å²) in [4.78, 5) is 0. The van der Waals surface area contributed by atoms with Gasteiger partial charge in [-0.2, -0.15) is 10.4 Å². The lowest BCUT2D eigenvalue weighted by Gasteiger charge is -2.11. The van der Waals surface area contributed by atoms with Gasteiger partial charge in [-0.3, -0.25) is 0 Å². The van der Waals surface area contributed by atoms with Crippen molar-refractivity contribution in [3.63, 3.8) is 0 Å². The van der Waals surface area contributed by atoms with Gasteiger partial charge in [0, 0.05) is 7.05 Å². The predicted octanol–water partition coefficient (Wildman–Crippen LogP) is 2.28. The summed E-state index contributed by atoms with van der Waals surface area (Å²) in [5.74, 6) is 0.980. The molecule has 2 aromatic rings. The summed E-state index contributed by atoms with van der Waals surface area (Å²) in [7, 11) is 1.73. The molecule has 0 aliphatic heterocycles. The van der Waals surface area contributed by atoms with E-state index in [1.807, 2.05) is 19.1 Å². The van der Waals surface area contributed by atoms with Gasteiger partial charge in [-0.05, 0) is 25.5 Å². The van der Waals surface area contributed by atoms with Crippen LogP contribution in [0.15, 0.2) is 18.2 Å². The molecule has 0 fully saturated rings. The van der Waals surface area contributed by atoms with Crippen molar-refractivity contribution in [3.8, 4) is 17.7 Å². The molecule has 0 bridgehead atoms. The van der Waals surface area contributed by atoms with Crippen LogP contribution in [0.5, 0.6) is 11.6 Å². The van der Waals surface area contributed by atoms with Gasteiger partial charge in [0.25, 0.3) is 0 Å². The van der Waals surface area contributed by atoms with Gasteiger partial charge in [-0.15, -0.1) is 0 Å².